The van der Waals surface area contributed by atoms with E-state index in [0.717, 1.165) is 16.8 Å². The third-order valence-electron chi connectivity index (χ3n) is 5.30. The average Bonchev–Trinajstić information content (AvgIpc) is 3.12. The Morgan fingerprint density at radius 3 is 2.00 bits per heavy atom. The summed E-state index contributed by atoms with van der Waals surface area (Å²) in [6, 6.07) is 34.8. The number of hydrogen-bond donors (Lipinski definition) is 0. The van der Waals surface area contributed by atoms with E-state index in [1.165, 1.54) is 21.8 Å². The Hall–Kier alpha value is -3.80. The number of benzene rings is 4. The highest BCUT2D eigenvalue weighted by molar-refractivity contribution is 6.30. The lowest BCUT2D eigenvalue weighted by atomic mass is 10.0. The molecule has 30 heavy (non-hydrogen) atoms. The SMILES string of the molecule is N#C/C(=C\c1ccc(-n2c3ccccc3c3ccccc32)cc1)c1cccc(Cl)c1. The molecule has 0 atom stereocenters. The van der Waals surface area contributed by atoms with Crippen LogP contribution in [-0.4, -0.2) is 4.57 Å². The molecule has 0 fully saturated rings. The quantitative estimate of drug-likeness (QED) is 0.226. The summed E-state index contributed by atoms with van der Waals surface area (Å²) in [6.07, 6.45) is 1.89. The largest absolute Gasteiger partial charge is 0.309 e. The van der Waals surface area contributed by atoms with Crippen molar-refractivity contribution in [2.24, 2.45) is 0 Å². The Morgan fingerprint density at radius 2 is 1.40 bits per heavy atom. The first-order valence-corrected chi connectivity index (χ1v) is 10.1. The molecular weight excluding hydrogens is 388 g/mol. The fraction of sp³-hybridized carbons (Fsp3) is 0. The molecule has 2 nitrogen and oxygen atoms in total. The van der Waals surface area contributed by atoms with Crippen molar-refractivity contribution < 1.29 is 0 Å². The molecule has 0 bridgehead atoms. The molecule has 0 aliphatic heterocycles. The zero-order chi connectivity index (χ0) is 20.5. The highest BCUT2D eigenvalue weighted by Crippen LogP contribution is 2.32. The molecule has 3 heteroatoms. The van der Waals surface area contributed by atoms with Crippen LogP contribution >= 0.6 is 11.6 Å². The first kappa shape index (κ1) is 18.2. The molecule has 0 saturated heterocycles. The minimum Gasteiger partial charge on any atom is -0.309 e. The van der Waals surface area contributed by atoms with Gasteiger partial charge in [-0.3, -0.25) is 0 Å². The number of fused-ring (bicyclic) bond motifs is 3. The zero-order valence-electron chi connectivity index (χ0n) is 16.1. The number of nitrogens with zero attached hydrogens (tertiary/aromatic N) is 2. The first-order valence-electron chi connectivity index (χ1n) is 9.71. The van der Waals surface area contributed by atoms with Gasteiger partial charge in [0.25, 0.3) is 0 Å². The summed E-state index contributed by atoms with van der Waals surface area (Å²) in [4.78, 5) is 0. The Bertz CT molecular complexity index is 1400. The van der Waals surface area contributed by atoms with E-state index in [1.807, 2.05) is 36.4 Å². The van der Waals surface area contributed by atoms with Crippen LogP contribution in [0, 0.1) is 11.3 Å². The lowest BCUT2D eigenvalue weighted by molar-refractivity contribution is 1.18. The van der Waals surface area contributed by atoms with Gasteiger partial charge in [0.2, 0.25) is 0 Å². The minimum absolute atomic E-state index is 0.585. The van der Waals surface area contributed by atoms with E-state index in [-0.39, 0.29) is 0 Å². The van der Waals surface area contributed by atoms with Crippen molar-refractivity contribution in [2.75, 3.05) is 0 Å². The van der Waals surface area contributed by atoms with Crippen LogP contribution in [0.4, 0.5) is 0 Å². The molecule has 0 amide bonds. The monoisotopic (exact) mass is 404 g/mol. The van der Waals surface area contributed by atoms with E-state index in [1.54, 1.807) is 6.07 Å². The van der Waals surface area contributed by atoms with E-state index in [9.17, 15) is 5.26 Å². The summed E-state index contributed by atoms with van der Waals surface area (Å²) < 4.78 is 2.28. The van der Waals surface area contributed by atoms with Gasteiger partial charge < -0.3 is 4.57 Å². The molecule has 142 valence electrons. The van der Waals surface area contributed by atoms with Gasteiger partial charge in [0.1, 0.15) is 0 Å². The molecule has 0 aliphatic rings. The average molecular weight is 405 g/mol. The van der Waals surface area contributed by atoms with Crippen LogP contribution in [0.5, 0.6) is 0 Å². The van der Waals surface area contributed by atoms with E-state index in [4.69, 9.17) is 11.6 Å². The van der Waals surface area contributed by atoms with Crippen molar-refractivity contribution in [1.29, 1.82) is 5.26 Å². The molecule has 4 aromatic carbocycles. The number of halogens is 1. The van der Waals surface area contributed by atoms with Gasteiger partial charge in [-0.2, -0.15) is 5.26 Å². The van der Waals surface area contributed by atoms with Gasteiger partial charge in [0.05, 0.1) is 22.7 Å². The Kier molecular flexibility index (Phi) is 4.59. The van der Waals surface area contributed by atoms with Crippen LogP contribution in [0.1, 0.15) is 11.1 Å². The number of allylic oxidation sites excluding steroid dienone is 1. The number of aromatic nitrogens is 1. The van der Waals surface area contributed by atoms with Crippen molar-refractivity contribution in [3.8, 4) is 11.8 Å². The van der Waals surface area contributed by atoms with Crippen molar-refractivity contribution in [3.63, 3.8) is 0 Å². The summed E-state index contributed by atoms with van der Waals surface area (Å²) >= 11 is 6.08. The highest BCUT2D eigenvalue weighted by atomic mass is 35.5. The maximum Gasteiger partial charge on any atom is 0.0998 e. The van der Waals surface area contributed by atoms with Gasteiger partial charge in [-0.25, -0.2) is 0 Å². The highest BCUT2D eigenvalue weighted by Gasteiger charge is 2.11. The van der Waals surface area contributed by atoms with Crippen molar-refractivity contribution in [2.45, 2.75) is 0 Å². The lowest BCUT2D eigenvalue weighted by Gasteiger charge is -2.08. The standard InChI is InChI=1S/C27H17ClN2/c28-22-7-5-6-20(17-22)21(18-29)16-19-12-14-23(15-13-19)30-26-10-3-1-8-24(26)25-9-2-4-11-27(25)30/h1-17H/b21-16+. The molecule has 0 spiro atoms. The minimum atomic E-state index is 0.585. The van der Waals surface area contributed by atoms with Crippen LogP contribution in [0.15, 0.2) is 97.1 Å². The Labute approximate surface area is 179 Å². The van der Waals surface area contributed by atoms with Gasteiger partial charge in [-0.1, -0.05) is 72.3 Å². The van der Waals surface area contributed by atoms with Crippen LogP contribution in [0.25, 0.3) is 39.1 Å². The third kappa shape index (κ3) is 3.16. The fourth-order valence-corrected chi connectivity index (χ4v) is 4.11. The molecule has 0 radical (unpaired) electrons. The first-order chi connectivity index (χ1) is 14.7. The summed E-state index contributed by atoms with van der Waals surface area (Å²) in [5.41, 5.74) is 5.82. The van der Waals surface area contributed by atoms with Gasteiger partial charge in [0.15, 0.2) is 0 Å². The number of hydrogen-bond acceptors (Lipinski definition) is 1. The number of nitriles is 1. The smallest absolute Gasteiger partial charge is 0.0998 e. The van der Waals surface area contributed by atoms with Crippen LogP contribution in [-0.2, 0) is 0 Å². The molecule has 0 saturated carbocycles. The second kappa shape index (κ2) is 7.55. The van der Waals surface area contributed by atoms with Crippen LogP contribution < -0.4 is 0 Å². The fourth-order valence-electron chi connectivity index (χ4n) is 3.92. The molecule has 0 aliphatic carbocycles. The predicted molar refractivity (Wildman–Crippen MR) is 126 cm³/mol. The lowest BCUT2D eigenvalue weighted by Crippen LogP contribution is -1.93. The molecule has 1 heterocycles. The molecule has 5 aromatic rings. The van der Waals surface area contributed by atoms with Gasteiger partial charge in [0, 0.05) is 21.5 Å². The van der Waals surface area contributed by atoms with Crippen LogP contribution in [0.3, 0.4) is 0 Å². The van der Waals surface area contributed by atoms with Crippen molar-refractivity contribution >= 4 is 45.1 Å². The normalized spacial score (nSPS) is 11.7. The maximum atomic E-state index is 9.61. The van der Waals surface area contributed by atoms with Crippen LogP contribution in [0.2, 0.25) is 5.02 Å². The summed E-state index contributed by atoms with van der Waals surface area (Å²) in [5.74, 6) is 0. The molecule has 5 rings (SSSR count). The maximum absolute atomic E-state index is 9.61. The Balaban J connectivity index is 1.60. The van der Waals surface area contributed by atoms with Crippen molar-refractivity contribution in [1.82, 2.24) is 4.57 Å². The number of para-hydroxylation sites is 2. The summed E-state index contributed by atoms with van der Waals surface area (Å²) in [5, 5.41) is 12.7. The van der Waals surface area contributed by atoms with Gasteiger partial charge in [-0.05, 0) is 53.6 Å². The zero-order valence-corrected chi connectivity index (χ0v) is 16.8. The second-order valence-electron chi connectivity index (χ2n) is 7.14. The summed E-state index contributed by atoms with van der Waals surface area (Å²) in [6.45, 7) is 0. The van der Waals surface area contributed by atoms with E-state index >= 15 is 0 Å². The predicted octanol–water partition coefficient (Wildman–Crippen LogP) is 7.50. The van der Waals surface area contributed by atoms with E-state index < -0.39 is 0 Å². The third-order valence-corrected chi connectivity index (χ3v) is 5.53. The van der Waals surface area contributed by atoms with Crippen molar-refractivity contribution in [3.05, 3.63) is 113 Å². The van der Waals surface area contributed by atoms with E-state index in [0.29, 0.717) is 10.6 Å². The Morgan fingerprint density at radius 1 is 0.767 bits per heavy atom. The molecule has 1 aromatic heterocycles. The van der Waals surface area contributed by atoms with E-state index in [2.05, 4.69) is 71.3 Å². The number of rotatable bonds is 3. The molecular formula is C27H17ClN2. The topological polar surface area (TPSA) is 28.7 Å². The molecule has 0 N–H and O–H groups in total. The summed E-state index contributed by atoms with van der Waals surface area (Å²) in [7, 11) is 0. The van der Waals surface area contributed by atoms with Gasteiger partial charge >= 0.3 is 0 Å². The van der Waals surface area contributed by atoms with Gasteiger partial charge in [-0.15, -0.1) is 0 Å². The second-order valence-corrected chi connectivity index (χ2v) is 7.58. The molecule has 0 unspecified atom stereocenters.